The summed E-state index contributed by atoms with van der Waals surface area (Å²) in [5.74, 6) is 0. The zero-order valence-corrected chi connectivity index (χ0v) is 17.6. The number of nitrogens with zero attached hydrogens (tertiary/aromatic N) is 2. The summed E-state index contributed by atoms with van der Waals surface area (Å²) in [5, 5.41) is 0. The normalized spacial score (nSPS) is 24.2. The van der Waals surface area contributed by atoms with Gasteiger partial charge in [-0.1, -0.05) is 35.4 Å². The zero-order valence-electron chi connectivity index (χ0n) is 16.0. The molecular formula is C20H29ClN2O2S. The van der Waals surface area contributed by atoms with E-state index >= 15 is 0 Å². The third kappa shape index (κ3) is 4.22. The Labute approximate surface area is 164 Å². The van der Waals surface area contributed by atoms with Crippen LogP contribution in [0.1, 0.15) is 32.3 Å². The highest BCUT2D eigenvalue weighted by atomic mass is 35.5. The molecule has 2 unspecified atom stereocenters. The third-order valence-electron chi connectivity index (χ3n) is 5.58. The monoisotopic (exact) mass is 396 g/mol. The van der Waals surface area contributed by atoms with Gasteiger partial charge in [0.15, 0.2) is 0 Å². The van der Waals surface area contributed by atoms with E-state index in [2.05, 4.69) is 30.9 Å². The number of halogens is 1. The SMILES string of the molecule is CC1=C(C)CN(C2C=CC(N(C)S(=O)(=O)c3cccc(C)c3)C2)CC1.Cl. The summed E-state index contributed by atoms with van der Waals surface area (Å²) in [6.45, 7) is 8.37. The Balaban J connectivity index is 0.00000243. The first-order chi connectivity index (χ1) is 11.8. The van der Waals surface area contributed by atoms with Gasteiger partial charge in [0.1, 0.15) is 0 Å². The molecule has 6 heteroatoms. The molecule has 2 aliphatic rings. The van der Waals surface area contributed by atoms with Crippen LogP contribution < -0.4 is 0 Å². The molecular weight excluding hydrogens is 368 g/mol. The number of hydrogen-bond donors (Lipinski definition) is 0. The largest absolute Gasteiger partial charge is 0.293 e. The van der Waals surface area contributed by atoms with Crippen molar-refractivity contribution in [1.29, 1.82) is 0 Å². The van der Waals surface area contributed by atoms with Crippen LogP contribution in [0.15, 0.2) is 52.5 Å². The molecule has 0 fully saturated rings. The van der Waals surface area contributed by atoms with Gasteiger partial charge in [0.2, 0.25) is 10.0 Å². The van der Waals surface area contributed by atoms with Crippen LogP contribution in [0.5, 0.6) is 0 Å². The minimum Gasteiger partial charge on any atom is -0.293 e. The van der Waals surface area contributed by atoms with Crippen LogP contribution in [0.3, 0.4) is 0 Å². The van der Waals surface area contributed by atoms with Crippen LogP contribution in [0.2, 0.25) is 0 Å². The van der Waals surface area contributed by atoms with Crippen molar-refractivity contribution < 1.29 is 8.42 Å². The second kappa shape index (κ2) is 8.26. The number of aryl methyl sites for hydroxylation is 1. The van der Waals surface area contributed by atoms with E-state index in [0.29, 0.717) is 10.9 Å². The molecule has 1 aliphatic carbocycles. The van der Waals surface area contributed by atoms with Gasteiger partial charge >= 0.3 is 0 Å². The molecule has 1 aliphatic heterocycles. The average molecular weight is 397 g/mol. The van der Waals surface area contributed by atoms with E-state index in [1.807, 2.05) is 13.0 Å². The Hall–Kier alpha value is -1.14. The van der Waals surface area contributed by atoms with Crippen molar-refractivity contribution in [2.75, 3.05) is 20.1 Å². The minimum absolute atomic E-state index is 0. The Kier molecular flexibility index (Phi) is 6.72. The van der Waals surface area contributed by atoms with Gasteiger partial charge in [-0.25, -0.2) is 8.42 Å². The fourth-order valence-electron chi connectivity index (χ4n) is 3.65. The number of hydrogen-bond acceptors (Lipinski definition) is 3. The molecule has 0 bridgehead atoms. The summed E-state index contributed by atoms with van der Waals surface area (Å²) in [6.07, 6.45) is 6.17. The molecule has 1 aromatic carbocycles. The number of likely N-dealkylation sites (N-methyl/N-ethyl adjacent to an activating group) is 1. The topological polar surface area (TPSA) is 40.6 Å². The fraction of sp³-hybridized carbons (Fsp3) is 0.500. The van der Waals surface area contributed by atoms with Gasteiger partial charge < -0.3 is 0 Å². The Morgan fingerprint density at radius 1 is 1.12 bits per heavy atom. The average Bonchev–Trinajstić information content (AvgIpc) is 3.06. The van der Waals surface area contributed by atoms with Crippen molar-refractivity contribution >= 4 is 22.4 Å². The van der Waals surface area contributed by atoms with Crippen molar-refractivity contribution in [3.8, 4) is 0 Å². The lowest BCUT2D eigenvalue weighted by molar-refractivity contribution is 0.221. The van der Waals surface area contributed by atoms with Crippen LogP contribution in [-0.4, -0.2) is 49.8 Å². The highest BCUT2D eigenvalue weighted by Crippen LogP contribution is 2.28. The van der Waals surface area contributed by atoms with Crippen LogP contribution in [0, 0.1) is 6.92 Å². The molecule has 0 saturated heterocycles. The summed E-state index contributed by atoms with van der Waals surface area (Å²) in [5.41, 5.74) is 3.90. The van der Waals surface area contributed by atoms with E-state index in [1.165, 1.54) is 15.5 Å². The first-order valence-corrected chi connectivity index (χ1v) is 10.4. The maximum Gasteiger partial charge on any atom is 0.243 e. The molecule has 144 valence electrons. The molecule has 0 radical (unpaired) electrons. The first kappa shape index (κ1) is 21.2. The summed E-state index contributed by atoms with van der Waals surface area (Å²) >= 11 is 0. The lowest BCUT2D eigenvalue weighted by atomic mass is 10.0. The minimum atomic E-state index is -3.46. The second-order valence-electron chi connectivity index (χ2n) is 7.37. The van der Waals surface area contributed by atoms with Gasteiger partial charge in [0.25, 0.3) is 0 Å². The standard InChI is InChI=1S/C20H28N2O2S.ClH/c1-15-6-5-7-20(12-15)25(23,24)21(4)18-8-9-19(13-18)22-11-10-16(2)17(3)14-22;/h5-9,12,18-19H,10-11,13-14H2,1-4H3;1H. The van der Waals surface area contributed by atoms with Crippen LogP contribution in [-0.2, 0) is 10.0 Å². The highest BCUT2D eigenvalue weighted by Gasteiger charge is 2.33. The molecule has 0 N–H and O–H groups in total. The van der Waals surface area contributed by atoms with Crippen molar-refractivity contribution in [3.63, 3.8) is 0 Å². The Morgan fingerprint density at radius 3 is 2.50 bits per heavy atom. The number of rotatable bonds is 4. The molecule has 0 aromatic heterocycles. The number of sulfonamides is 1. The predicted octanol–water partition coefficient (Wildman–Crippen LogP) is 3.78. The molecule has 4 nitrogen and oxygen atoms in total. The molecule has 0 amide bonds. The predicted molar refractivity (Wildman–Crippen MR) is 109 cm³/mol. The van der Waals surface area contributed by atoms with Gasteiger partial charge in [-0.3, -0.25) is 4.90 Å². The quantitative estimate of drug-likeness (QED) is 0.727. The summed E-state index contributed by atoms with van der Waals surface area (Å²) in [6, 6.07) is 7.37. The molecule has 0 saturated carbocycles. The summed E-state index contributed by atoms with van der Waals surface area (Å²) < 4.78 is 27.4. The Bertz CT molecular complexity index is 817. The van der Waals surface area contributed by atoms with E-state index in [4.69, 9.17) is 0 Å². The lowest BCUT2D eigenvalue weighted by Gasteiger charge is -2.34. The zero-order chi connectivity index (χ0) is 18.2. The van der Waals surface area contributed by atoms with E-state index in [1.54, 1.807) is 25.2 Å². The van der Waals surface area contributed by atoms with Crippen molar-refractivity contribution in [2.24, 2.45) is 0 Å². The van der Waals surface area contributed by atoms with E-state index in [9.17, 15) is 8.42 Å². The number of benzene rings is 1. The summed E-state index contributed by atoms with van der Waals surface area (Å²) in [4.78, 5) is 2.84. The highest BCUT2D eigenvalue weighted by molar-refractivity contribution is 7.89. The van der Waals surface area contributed by atoms with Crippen LogP contribution >= 0.6 is 12.4 Å². The Morgan fingerprint density at radius 2 is 1.85 bits per heavy atom. The van der Waals surface area contributed by atoms with Crippen molar-refractivity contribution in [1.82, 2.24) is 9.21 Å². The first-order valence-electron chi connectivity index (χ1n) is 8.91. The van der Waals surface area contributed by atoms with Gasteiger partial charge in [-0.05, 0) is 51.3 Å². The molecule has 0 spiro atoms. The second-order valence-corrected chi connectivity index (χ2v) is 9.37. The van der Waals surface area contributed by atoms with E-state index < -0.39 is 10.0 Å². The summed E-state index contributed by atoms with van der Waals surface area (Å²) in [7, 11) is -1.77. The van der Waals surface area contributed by atoms with Gasteiger partial charge in [-0.15, -0.1) is 12.4 Å². The lowest BCUT2D eigenvalue weighted by Crippen LogP contribution is -2.41. The smallest absolute Gasteiger partial charge is 0.243 e. The maximum atomic E-state index is 12.9. The van der Waals surface area contributed by atoms with Gasteiger partial charge in [0.05, 0.1) is 4.90 Å². The molecule has 1 heterocycles. The van der Waals surface area contributed by atoms with Crippen LogP contribution in [0.4, 0.5) is 0 Å². The molecule has 26 heavy (non-hydrogen) atoms. The fourth-order valence-corrected chi connectivity index (χ4v) is 5.08. The third-order valence-corrected chi connectivity index (χ3v) is 7.46. The molecule has 3 rings (SSSR count). The molecule has 2 atom stereocenters. The maximum absolute atomic E-state index is 12.9. The van der Waals surface area contributed by atoms with Crippen molar-refractivity contribution in [3.05, 3.63) is 53.1 Å². The van der Waals surface area contributed by atoms with Crippen LogP contribution in [0.25, 0.3) is 0 Å². The van der Waals surface area contributed by atoms with Gasteiger partial charge in [0, 0.05) is 32.2 Å². The molecule has 1 aromatic rings. The van der Waals surface area contributed by atoms with Gasteiger partial charge in [-0.2, -0.15) is 4.31 Å². The van der Waals surface area contributed by atoms with Crippen molar-refractivity contribution in [2.45, 2.75) is 50.6 Å². The van der Waals surface area contributed by atoms with E-state index in [0.717, 1.165) is 31.5 Å². The van der Waals surface area contributed by atoms with E-state index in [-0.39, 0.29) is 18.4 Å².